The number of carbonyl (C=O) groups excluding carboxylic acids is 1. The minimum atomic E-state index is -0.953. The molecule has 0 saturated carbocycles. The Kier molecular flexibility index (Phi) is 4.06. The van der Waals surface area contributed by atoms with Crippen molar-refractivity contribution < 1.29 is 19.4 Å². The molecule has 1 aliphatic heterocycles. The van der Waals surface area contributed by atoms with Gasteiger partial charge in [-0.05, 0) is 22.8 Å². The van der Waals surface area contributed by atoms with Gasteiger partial charge < -0.3 is 15.1 Å². The van der Waals surface area contributed by atoms with Crippen molar-refractivity contribution in [3.8, 4) is 0 Å². The molecule has 2 N–H and O–H groups in total. The van der Waals surface area contributed by atoms with E-state index in [2.05, 4.69) is 0 Å². The molecule has 1 amide bonds. The average Bonchev–Trinajstić information content (AvgIpc) is 2.73. The van der Waals surface area contributed by atoms with Crippen molar-refractivity contribution in [2.24, 2.45) is 0 Å². The normalized spacial score (nSPS) is 25.5. The molecular formula is C20H20FNO3. The highest BCUT2D eigenvalue weighted by molar-refractivity contribution is 5.78. The van der Waals surface area contributed by atoms with Gasteiger partial charge in [0.25, 0.3) is 0 Å². The third-order valence-electron chi connectivity index (χ3n) is 5.32. The first kappa shape index (κ1) is 16.2. The van der Waals surface area contributed by atoms with Crippen molar-refractivity contribution in [3.05, 3.63) is 70.5 Å². The molecule has 3 atom stereocenters. The van der Waals surface area contributed by atoms with Gasteiger partial charge in [0.1, 0.15) is 5.82 Å². The predicted molar refractivity (Wildman–Crippen MR) is 90.2 cm³/mol. The molecule has 1 heterocycles. The summed E-state index contributed by atoms with van der Waals surface area (Å²) in [5.41, 5.74) is 3.41. The van der Waals surface area contributed by atoms with E-state index in [1.807, 2.05) is 18.2 Å². The van der Waals surface area contributed by atoms with Gasteiger partial charge in [-0.25, -0.2) is 4.39 Å². The second-order valence-corrected chi connectivity index (χ2v) is 6.90. The van der Waals surface area contributed by atoms with Gasteiger partial charge in [-0.3, -0.25) is 4.79 Å². The lowest BCUT2D eigenvalue weighted by atomic mass is 9.76. The Morgan fingerprint density at radius 1 is 1.04 bits per heavy atom. The molecule has 0 bridgehead atoms. The lowest BCUT2D eigenvalue weighted by molar-refractivity contribution is -0.133. The van der Waals surface area contributed by atoms with E-state index < -0.39 is 18.1 Å². The number of amides is 1. The Morgan fingerprint density at radius 3 is 2.60 bits per heavy atom. The number of aliphatic hydroxyl groups is 2. The topological polar surface area (TPSA) is 60.8 Å². The summed E-state index contributed by atoms with van der Waals surface area (Å²) in [6.07, 6.45) is -1.30. The Hall–Kier alpha value is -2.24. The van der Waals surface area contributed by atoms with E-state index in [9.17, 15) is 19.4 Å². The highest BCUT2D eigenvalue weighted by Crippen LogP contribution is 2.40. The first-order valence-corrected chi connectivity index (χ1v) is 8.52. The lowest BCUT2D eigenvalue weighted by Gasteiger charge is -2.33. The Labute approximate surface area is 145 Å². The summed E-state index contributed by atoms with van der Waals surface area (Å²) in [5, 5.41) is 20.6. The molecule has 0 fully saturated rings. The fraction of sp³-hybridized carbons (Fsp3) is 0.350. The molecule has 2 aromatic rings. The Morgan fingerprint density at radius 2 is 1.80 bits per heavy atom. The molecular weight excluding hydrogens is 321 g/mol. The quantitative estimate of drug-likeness (QED) is 0.880. The Balaban J connectivity index is 1.71. The summed E-state index contributed by atoms with van der Waals surface area (Å²) in [7, 11) is 0. The number of nitrogens with zero attached hydrogens (tertiary/aromatic N) is 1. The summed E-state index contributed by atoms with van der Waals surface area (Å²) < 4.78 is 14.0. The summed E-state index contributed by atoms with van der Waals surface area (Å²) in [6.45, 7) is 0.580. The van der Waals surface area contributed by atoms with Crippen LogP contribution in [0.2, 0.25) is 0 Å². The van der Waals surface area contributed by atoms with E-state index in [1.165, 1.54) is 6.07 Å². The van der Waals surface area contributed by atoms with Crippen LogP contribution < -0.4 is 0 Å². The molecule has 5 heteroatoms. The zero-order valence-corrected chi connectivity index (χ0v) is 13.7. The van der Waals surface area contributed by atoms with E-state index in [0.717, 1.165) is 16.7 Å². The van der Waals surface area contributed by atoms with Crippen molar-refractivity contribution in [3.63, 3.8) is 0 Å². The minimum Gasteiger partial charge on any atom is -0.390 e. The molecule has 25 heavy (non-hydrogen) atoms. The molecule has 0 radical (unpaired) electrons. The molecule has 0 spiro atoms. The number of halogens is 1. The van der Waals surface area contributed by atoms with Gasteiger partial charge in [-0.15, -0.1) is 0 Å². The van der Waals surface area contributed by atoms with E-state index in [0.29, 0.717) is 18.5 Å². The van der Waals surface area contributed by atoms with E-state index >= 15 is 0 Å². The number of benzene rings is 2. The molecule has 4 rings (SSSR count). The van der Waals surface area contributed by atoms with Gasteiger partial charge >= 0.3 is 0 Å². The number of rotatable bonds is 2. The SMILES string of the molecule is O=C1CC2c3c(cccc3CN1Cc1ccccc1F)CC(O)C2O. The molecule has 2 aromatic carbocycles. The van der Waals surface area contributed by atoms with E-state index in [1.54, 1.807) is 23.1 Å². The highest BCUT2D eigenvalue weighted by atomic mass is 19.1. The lowest BCUT2D eigenvalue weighted by Crippen LogP contribution is -2.39. The van der Waals surface area contributed by atoms with Gasteiger partial charge in [-0.1, -0.05) is 36.4 Å². The first-order valence-electron chi connectivity index (χ1n) is 8.52. The maximum Gasteiger partial charge on any atom is 0.223 e. The van der Waals surface area contributed by atoms with Crippen LogP contribution in [-0.2, 0) is 24.3 Å². The molecule has 4 nitrogen and oxygen atoms in total. The molecule has 0 saturated heterocycles. The molecule has 2 aliphatic rings. The van der Waals surface area contributed by atoms with Crippen molar-refractivity contribution in [2.45, 2.75) is 44.1 Å². The summed E-state index contributed by atoms with van der Waals surface area (Å²) >= 11 is 0. The second-order valence-electron chi connectivity index (χ2n) is 6.90. The van der Waals surface area contributed by atoms with Crippen molar-refractivity contribution >= 4 is 5.91 Å². The summed E-state index contributed by atoms with van der Waals surface area (Å²) in [5.74, 6) is -0.874. The largest absolute Gasteiger partial charge is 0.390 e. The summed E-state index contributed by atoms with van der Waals surface area (Å²) in [6, 6.07) is 12.2. The van der Waals surface area contributed by atoms with Crippen LogP contribution in [0.5, 0.6) is 0 Å². The molecule has 1 aliphatic carbocycles. The van der Waals surface area contributed by atoms with Crippen LogP contribution in [0.15, 0.2) is 42.5 Å². The predicted octanol–water partition coefficient (Wildman–Crippen LogP) is 2.12. The third kappa shape index (κ3) is 2.83. The van der Waals surface area contributed by atoms with E-state index in [4.69, 9.17) is 0 Å². The van der Waals surface area contributed by atoms with Gasteiger partial charge in [0, 0.05) is 37.4 Å². The fourth-order valence-electron chi connectivity index (χ4n) is 4.05. The number of hydrogen-bond donors (Lipinski definition) is 2. The van der Waals surface area contributed by atoms with Crippen LogP contribution in [0.3, 0.4) is 0 Å². The van der Waals surface area contributed by atoms with Crippen LogP contribution in [0, 0.1) is 5.82 Å². The monoisotopic (exact) mass is 341 g/mol. The maximum atomic E-state index is 14.0. The van der Waals surface area contributed by atoms with Gasteiger partial charge in [0.2, 0.25) is 5.91 Å². The van der Waals surface area contributed by atoms with Crippen molar-refractivity contribution in [1.29, 1.82) is 0 Å². The molecule has 130 valence electrons. The van der Waals surface area contributed by atoms with Crippen LogP contribution in [0.4, 0.5) is 4.39 Å². The van der Waals surface area contributed by atoms with Crippen molar-refractivity contribution in [1.82, 2.24) is 4.90 Å². The Bertz CT molecular complexity index is 822. The smallest absolute Gasteiger partial charge is 0.223 e. The first-order chi connectivity index (χ1) is 12.0. The molecule has 0 aromatic heterocycles. The highest BCUT2D eigenvalue weighted by Gasteiger charge is 2.40. The maximum absolute atomic E-state index is 14.0. The van der Waals surface area contributed by atoms with Gasteiger partial charge in [-0.2, -0.15) is 0 Å². The van der Waals surface area contributed by atoms with Crippen LogP contribution in [-0.4, -0.2) is 33.2 Å². The van der Waals surface area contributed by atoms with Crippen molar-refractivity contribution in [2.75, 3.05) is 0 Å². The fourth-order valence-corrected chi connectivity index (χ4v) is 4.05. The zero-order valence-electron chi connectivity index (χ0n) is 13.7. The number of hydrogen-bond acceptors (Lipinski definition) is 3. The number of aliphatic hydroxyl groups excluding tert-OH is 2. The standard InChI is InChI=1S/C20H20FNO3/c21-16-7-2-1-4-13(16)10-22-11-14-6-3-5-12-8-17(23)20(25)15(19(12)14)9-18(22)24/h1-7,15,17,20,23,25H,8-11H2. The van der Waals surface area contributed by atoms with Gasteiger partial charge in [0.15, 0.2) is 0 Å². The molecule has 3 unspecified atom stereocenters. The third-order valence-corrected chi connectivity index (χ3v) is 5.32. The van der Waals surface area contributed by atoms with E-state index in [-0.39, 0.29) is 24.7 Å². The zero-order chi connectivity index (χ0) is 17.6. The van der Waals surface area contributed by atoms with Gasteiger partial charge in [0.05, 0.1) is 12.2 Å². The second kappa shape index (κ2) is 6.24. The van der Waals surface area contributed by atoms with Crippen LogP contribution in [0.1, 0.15) is 34.6 Å². The minimum absolute atomic E-state index is 0.122. The average molecular weight is 341 g/mol. The number of carbonyl (C=O) groups is 1. The van der Waals surface area contributed by atoms with Crippen LogP contribution >= 0.6 is 0 Å². The summed E-state index contributed by atoms with van der Waals surface area (Å²) in [4.78, 5) is 14.4. The van der Waals surface area contributed by atoms with Crippen LogP contribution in [0.25, 0.3) is 0 Å².